The summed E-state index contributed by atoms with van der Waals surface area (Å²) in [7, 11) is -3.95. The van der Waals surface area contributed by atoms with Crippen LogP contribution in [0.2, 0.25) is 0 Å². The maximum Gasteiger partial charge on any atom is 0.416 e. The highest BCUT2D eigenvalue weighted by Gasteiger charge is 2.31. The van der Waals surface area contributed by atoms with Gasteiger partial charge in [0.05, 0.1) is 17.9 Å². The molecule has 9 heteroatoms. The van der Waals surface area contributed by atoms with Crippen LogP contribution in [-0.2, 0) is 16.2 Å². The quantitative estimate of drug-likeness (QED) is 0.866. The van der Waals surface area contributed by atoms with E-state index in [-0.39, 0.29) is 10.2 Å². The largest absolute Gasteiger partial charge is 0.416 e. The molecule has 0 radical (unpaired) electrons. The fourth-order valence-corrected chi connectivity index (χ4v) is 2.48. The number of hydrogen-bond acceptors (Lipinski definition) is 3. The highest BCUT2D eigenvalue weighted by Crippen LogP contribution is 2.34. The molecule has 0 aliphatic heterocycles. The van der Waals surface area contributed by atoms with E-state index in [9.17, 15) is 21.6 Å². The van der Waals surface area contributed by atoms with E-state index in [0.29, 0.717) is 6.07 Å². The monoisotopic (exact) mass is 361 g/mol. The van der Waals surface area contributed by atoms with Crippen LogP contribution in [-0.4, -0.2) is 25.4 Å². The summed E-state index contributed by atoms with van der Waals surface area (Å²) in [4.78, 5) is 0. The minimum Gasteiger partial charge on any atom is -0.395 e. The molecular formula is C10H11BrF3NO3S. The first-order valence-corrected chi connectivity index (χ1v) is 7.41. The molecule has 0 saturated heterocycles. The molecule has 1 aromatic rings. The maximum atomic E-state index is 12.5. The molecule has 0 amide bonds. The second-order valence-electron chi connectivity index (χ2n) is 3.83. The Kier molecular flexibility index (Phi) is 4.86. The summed E-state index contributed by atoms with van der Waals surface area (Å²) in [6.45, 7) is 0.607. The molecule has 19 heavy (non-hydrogen) atoms. The number of halogens is 4. The summed E-state index contributed by atoms with van der Waals surface area (Å²) in [5.74, 6) is 0. The minimum absolute atomic E-state index is 0.175. The lowest BCUT2D eigenvalue weighted by molar-refractivity contribution is -0.137. The highest BCUT2D eigenvalue weighted by atomic mass is 79.9. The molecule has 0 saturated carbocycles. The summed E-state index contributed by atoms with van der Waals surface area (Å²) in [6, 6.07) is 2.62. The lowest BCUT2D eigenvalue weighted by Gasteiger charge is -2.15. The van der Waals surface area contributed by atoms with Crippen LogP contribution < -0.4 is 4.72 Å². The third-order valence-electron chi connectivity index (χ3n) is 2.33. The van der Waals surface area contributed by atoms with E-state index in [0.717, 1.165) is 12.1 Å². The van der Waals surface area contributed by atoms with Gasteiger partial charge in [-0.15, -0.1) is 0 Å². The van der Waals surface area contributed by atoms with Gasteiger partial charge in [-0.25, -0.2) is 8.42 Å². The predicted molar refractivity (Wildman–Crippen MR) is 68.2 cm³/mol. The number of benzene rings is 1. The Bertz CT molecular complexity index is 560. The Hall–Kier alpha value is -0.800. The average molecular weight is 362 g/mol. The van der Waals surface area contributed by atoms with Gasteiger partial charge in [-0.2, -0.15) is 13.2 Å². The van der Waals surface area contributed by atoms with Gasteiger partial charge in [0, 0.05) is 4.47 Å². The van der Waals surface area contributed by atoms with Crippen LogP contribution in [0.5, 0.6) is 0 Å². The standard InChI is InChI=1S/C10H11BrF3NO3S/c1-6(5-16)19(17,18)15-9-4-7(10(12,13)14)2-3-8(9)11/h2-4,6,15-16H,5H2,1H3. The molecule has 1 atom stereocenters. The van der Waals surface area contributed by atoms with Gasteiger partial charge in [0.1, 0.15) is 5.25 Å². The van der Waals surface area contributed by atoms with E-state index in [1.54, 1.807) is 0 Å². The molecule has 0 spiro atoms. The second kappa shape index (κ2) is 5.68. The van der Waals surface area contributed by atoms with E-state index in [4.69, 9.17) is 5.11 Å². The molecule has 0 heterocycles. The molecule has 1 rings (SSSR count). The summed E-state index contributed by atoms with van der Waals surface area (Å²) < 4.78 is 63.1. The van der Waals surface area contributed by atoms with Gasteiger partial charge in [0.15, 0.2) is 0 Å². The van der Waals surface area contributed by atoms with E-state index in [1.165, 1.54) is 6.92 Å². The zero-order valence-electron chi connectivity index (χ0n) is 9.70. The molecule has 0 aliphatic rings. The van der Waals surface area contributed by atoms with Crippen molar-refractivity contribution in [2.24, 2.45) is 0 Å². The van der Waals surface area contributed by atoms with Gasteiger partial charge in [-0.1, -0.05) is 0 Å². The van der Waals surface area contributed by atoms with Crippen molar-refractivity contribution in [2.45, 2.75) is 18.3 Å². The Labute approximate surface area is 116 Å². The molecule has 4 nitrogen and oxygen atoms in total. The van der Waals surface area contributed by atoms with Crippen molar-refractivity contribution >= 4 is 31.6 Å². The molecule has 1 aromatic carbocycles. The fraction of sp³-hybridized carbons (Fsp3) is 0.400. The number of sulfonamides is 1. The normalized spacial score (nSPS) is 14.2. The van der Waals surface area contributed by atoms with Gasteiger partial charge in [-0.3, -0.25) is 4.72 Å². The zero-order valence-corrected chi connectivity index (χ0v) is 12.1. The highest BCUT2D eigenvalue weighted by molar-refractivity contribution is 9.10. The minimum atomic E-state index is -4.57. The SMILES string of the molecule is CC(CO)S(=O)(=O)Nc1cc(C(F)(F)F)ccc1Br. The fourth-order valence-electron chi connectivity index (χ4n) is 1.13. The molecule has 2 N–H and O–H groups in total. The Morgan fingerprint density at radius 3 is 2.47 bits per heavy atom. The van der Waals surface area contributed by atoms with Crippen LogP contribution in [0.1, 0.15) is 12.5 Å². The van der Waals surface area contributed by atoms with Crippen molar-refractivity contribution in [3.05, 3.63) is 28.2 Å². The number of aliphatic hydroxyl groups excluding tert-OH is 1. The number of hydrogen-bond donors (Lipinski definition) is 2. The Balaban J connectivity index is 3.15. The Morgan fingerprint density at radius 2 is 2.00 bits per heavy atom. The van der Waals surface area contributed by atoms with Crippen molar-refractivity contribution < 1.29 is 26.7 Å². The lowest BCUT2D eigenvalue weighted by Crippen LogP contribution is -2.28. The van der Waals surface area contributed by atoms with E-state index >= 15 is 0 Å². The third kappa shape index (κ3) is 4.08. The van der Waals surface area contributed by atoms with Crippen LogP contribution in [0.4, 0.5) is 18.9 Å². The van der Waals surface area contributed by atoms with Crippen molar-refractivity contribution in [1.29, 1.82) is 0 Å². The molecular weight excluding hydrogens is 351 g/mol. The van der Waals surface area contributed by atoms with Crippen molar-refractivity contribution in [3.8, 4) is 0 Å². The number of alkyl halides is 3. The Morgan fingerprint density at radius 1 is 1.42 bits per heavy atom. The van der Waals surface area contributed by atoms with Crippen LogP contribution in [0.25, 0.3) is 0 Å². The lowest BCUT2D eigenvalue weighted by atomic mass is 10.2. The van der Waals surface area contributed by atoms with Gasteiger partial charge >= 0.3 is 6.18 Å². The first-order chi connectivity index (χ1) is 8.58. The molecule has 0 bridgehead atoms. The predicted octanol–water partition coefficient (Wildman–Crippen LogP) is 2.59. The van der Waals surface area contributed by atoms with Crippen LogP contribution in [0.15, 0.2) is 22.7 Å². The second-order valence-corrected chi connectivity index (χ2v) is 6.79. The summed E-state index contributed by atoms with van der Waals surface area (Å²) in [5, 5.41) is 7.66. The molecule has 1 unspecified atom stereocenters. The van der Waals surface area contributed by atoms with Gasteiger partial charge in [0.2, 0.25) is 10.0 Å². The van der Waals surface area contributed by atoms with Crippen molar-refractivity contribution in [1.82, 2.24) is 0 Å². The maximum absolute atomic E-state index is 12.5. The molecule has 108 valence electrons. The van der Waals surface area contributed by atoms with E-state index in [1.807, 2.05) is 4.72 Å². The molecule has 0 fully saturated rings. The topological polar surface area (TPSA) is 66.4 Å². The van der Waals surface area contributed by atoms with Gasteiger partial charge < -0.3 is 5.11 Å². The summed E-state index contributed by atoms with van der Waals surface area (Å²) in [5.41, 5.74) is -1.19. The van der Waals surface area contributed by atoms with Gasteiger partial charge in [-0.05, 0) is 41.1 Å². The third-order valence-corrected chi connectivity index (χ3v) is 4.74. The van der Waals surface area contributed by atoms with E-state index in [2.05, 4.69) is 15.9 Å². The van der Waals surface area contributed by atoms with Crippen molar-refractivity contribution in [2.75, 3.05) is 11.3 Å². The first-order valence-electron chi connectivity index (χ1n) is 5.07. The van der Waals surface area contributed by atoms with Crippen LogP contribution in [0.3, 0.4) is 0 Å². The summed E-state index contributed by atoms with van der Waals surface area (Å²) in [6.07, 6.45) is -4.57. The number of nitrogens with one attached hydrogen (secondary N) is 1. The number of anilines is 1. The zero-order chi connectivity index (χ0) is 14.8. The van der Waals surface area contributed by atoms with Crippen LogP contribution in [0, 0.1) is 0 Å². The van der Waals surface area contributed by atoms with Crippen molar-refractivity contribution in [3.63, 3.8) is 0 Å². The molecule has 0 aromatic heterocycles. The van der Waals surface area contributed by atoms with Crippen LogP contribution >= 0.6 is 15.9 Å². The molecule has 0 aliphatic carbocycles. The summed E-state index contributed by atoms with van der Waals surface area (Å²) >= 11 is 2.96. The smallest absolute Gasteiger partial charge is 0.395 e. The van der Waals surface area contributed by atoms with Gasteiger partial charge in [0.25, 0.3) is 0 Å². The number of rotatable bonds is 4. The number of aliphatic hydroxyl groups is 1. The first kappa shape index (κ1) is 16.3. The van der Waals surface area contributed by atoms with E-state index < -0.39 is 33.6 Å². The average Bonchev–Trinajstić information content (AvgIpc) is 2.29.